The largest absolute Gasteiger partial charge is 0.481 e. The van der Waals surface area contributed by atoms with Crippen molar-refractivity contribution in [1.82, 2.24) is 0 Å². The molecule has 0 saturated heterocycles. The van der Waals surface area contributed by atoms with E-state index in [1.165, 1.54) is 11.3 Å². The van der Waals surface area contributed by atoms with Gasteiger partial charge in [0.2, 0.25) is 0 Å². The van der Waals surface area contributed by atoms with Crippen LogP contribution in [0.15, 0.2) is 65.4 Å². The van der Waals surface area contributed by atoms with Crippen LogP contribution in [0.5, 0.6) is 0 Å². The standard InChI is InChI=1S/C23H21NO4S/c24-20(11-14-9-10-29-13-14)21(22(25)26)23(27)28-12-19-17-7-3-1-5-15(17)16-6-2-4-8-18(16)19/h1-10,13,19-21H,11-12,24H2,(H,25,26)/t20-,21+/m1/s1. The molecule has 4 rings (SSSR count). The monoisotopic (exact) mass is 407 g/mol. The Morgan fingerprint density at radius 2 is 1.66 bits per heavy atom. The Labute approximate surface area is 172 Å². The molecular formula is C23H21NO4S. The summed E-state index contributed by atoms with van der Waals surface area (Å²) in [5.74, 6) is -3.57. The first-order valence-electron chi connectivity index (χ1n) is 9.40. The molecule has 0 amide bonds. The molecule has 1 aliphatic carbocycles. The summed E-state index contributed by atoms with van der Waals surface area (Å²) < 4.78 is 5.51. The lowest BCUT2D eigenvalue weighted by Gasteiger charge is -2.20. The Balaban J connectivity index is 1.50. The lowest BCUT2D eigenvalue weighted by molar-refractivity contribution is -0.159. The van der Waals surface area contributed by atoms with Crippen LogP contribution in [-0.4, -0.2) is 29.7 Å². The summed E-state index contributed by atoms with van der Waals surface area (Å²) in [7, 11) is 0. The van der Waals surface area contributed by atoms with Crippen molar-refractivity contribution in [2.24, 2.45) is 11.7 Å². The Bertz CT molecular complexity index is 985. The molecule has 148 valence electrons. The SMILES string of the molecule is N[C@H](Cc1ccsc1)[C@@H](C(=O)O)C(=O)OCC1c2ccccc2-c2ccccc21. The molecule has 6 heteroatoms. The first-order chi connectivity index (χ1) is 14.1. The van der Waals surface area contributed by atoms with Gasteiger partial charge in [-0.15, -0.1) is 0 Å². The summed E-state index contributed by atoms with van der Waals surface area (Å²) in [6.07, 6.45) is 0.310. The lowest BCUT2D eigenvalue weighted by Crippen LogP contribution is -2.43. The maximum atomic E-state index is 12.7. The van der Waals surface area contributed by atoms with Gasteiger partial charge in [-0.2, -0.15) is 11.3 Å². The molecule has 29 heavy (non-hydrogen) atoms. The fraction of sp³-hybridized carbons (Fsp3) is 0.217. The number of carboxylic acid groups (broad SMARTS) is 1. The number of thiophene rings is 1. The minimum atomic E-state index is -1.40. The molecule has 5 nitrogen and oxygen atoms in total. The zero-order chi connectivity index (χ0) is 20.4. The topological polar surface area (TPSA) is 89.6 Å². The Morgan fingerprint density at radius 1 is 1.03 bits per heavy atom. The van der Waals surface area contributed by atoms with E-state index in [0.29, 0.717) is 6.42 Å². The summed E-state index contributed by atoms with van der Waals surface area (Å²) in [4.78, 5) is 24.4. The Morgan fingerprint density at radius 3 is 2.21 bits per heavy atom. The molecule has 1 aromatic heterocycles. The highest BCUT2D eigenvalue weighted by Gasteiger charge is 2.36. The van der Waals surface area contributed by atoms with Gasteiger partial charge in [0.1, 0.15) is 6.61 Å². The number of carbonyl (C=O) groups is 2. The average Bonchev–Trinajstić information content (AvgIpc) is 3.32. The number of carbonyl (C=O) groups excluding carboxylic acids is 1. The Kier molecular flexibility index (Phi) is 5.47. The summed E-state index contributed by atoms with van der Waals surface area (Å²) in [6.45, 7) is 0.0851. The molecule has 0 spiro atoms. The predicted molar refractivity (Wildman–Crippen MR) is 112 cm³/mol. The van der Waals surface area contributed by atoms with Crippen LogP contribution in [0.2, 0.25) is 0 Å². The highest BCUT2D eigenvalue weighted by Crippen LogP contribution is 2.44. The maximum absolute atomic E-state index is 12.7. The van der Waals surface area contributed by atoms with Crippen LogP contribution >= 0.6 is 11.3 Å². The molecule has 3 N–H and O–H groups in total. The third-order valence-electron chi connectivity index (χ3n) is 5.35. The molecular weight excluding hydrogens is 386 g/mol. The van der Waals surface area contributed by atoms with Crippen molar-refractivity contribution < 1.29 is 19.4 Å². The van der Waals surface area contributed by atoms with E-state index < -0.39 is 23.9 Å². The number of esters is 1. The third kappa shape index (κ3) is 3.81. The lowest BCUT2D eigenvalue weighted by atomic mass is 9.95. The number of carboxylic acids is 1. The summed E-state index contributed by atoms with van der Waals surface area (Å²) in [5, 5.41) is 13.4. The fourth-order valence-corrected chi connectivity index (χ4v) is 4.63. The highest BCUT2D eigenvalue weighted by atomic mass is 32.1. The number of rotatable bonds is 7. The number of ether oxygens (including phenoxy) is 1. The van der Waals surface area contributed by atoms with Crippen molar-refractivity contribution in [1.29, 1.82) is 0 Å². The summed E-state index contributed by atoms with van der Waals surface area (Å²) in [6, 6.07) is 17.0. The maximum Gasteiger partial charge on any atom is 0.321 e. The smallest absolute Gasteiger partial charge is 0.321 e. The highest BCUT2D eigenvalue weighted by molar-refractivity contribution is 7.07. The second kappa shape index (κ2) is 8.19. The van der Waals surface area contributed by atoms with Gasteiger partial charge >= 0.3 is 11.9 Å². The van der Waals surface area contributed by atoms with Crippen molar-refractivity contribution in [2.75, 3.05) is 6.61 Å². The molecule has 0 fully saturated rings. The van der Waals surface area contributed by atoms with Gasteiger partial charge in [0.25, 0.3) is 0 Å². The van der Waals surface area contributed by atoms with E-state index in [1.807, 2.05) is 65.4 Å². The normalized spacial score (nSPS) is 14.7. The van der Waals surface area contributed by atoms with Crippen LogP contribution in [0.1, 0.15) is 22.6 Å². The van der Waals surface area contributed by atoms with Gasteiger partial charge in [0.15, 0.2) is 5.92 Å². The van der Waals surface area contributed by atoms with Gasteiger partial charge in [-0.25, -0.2) is 0 Å². The first-order valence-corrected chi connectivity index (χ1v) is 10.3. The number of aliphatic carboxylic acids is 1. The predicted octanol–water partition coefficient (Wildman–Crippen LogP) is 3.67. The number of benzene rings is 2. The second-order valence-electron chi connectivity index (χ2n) is 7.17. The zero-order valence-electron chi connectivity index (χ0n) is 15.7. The van der Waals surface area contributed by atoms with E-state index in [0.717, 1.165) is 27.8 Å². The van der Waals surface area contributed by atoms with Crippen LogP contribution in [0.4, 0.5) is 0 Å². The van der Waals surface area contributed by atoms with Crippen LogP contribution < -0.4 is 5.73 Å². The van der Waals surface area contributed by atoms with Crippen molar-refractivity contribution in [3.63, 3.8) is 0 Å². The van der Waals surface area contributed by atoms with Crippen molar-refractivity contribution in [3.8, 4) is 11.1 Å². The first kappa shape index (κ1) is 19.4. The van der Waals surface area contributed by atoms with Gasteiger partial charge in [0.05, 0.1) is 0 Å². The van der Waals surface area contributed by atoms with E-state index in [4.69, 9.17) is 10.5 Å². The average molecular weight is 407 g/mol. The van der Waals surface area contributed by atoms with E-state index in [9.17, 15) is 14.7 Å². The Hall–Kier alpha value is -2.96. The summed E-state index contributed by atoms with van der Waals surface area (Å²) >= 11 is 1.50. The third-order valence-corrected chi connectivity index (χ3v) is 6.09. The molecule has 0 aliphatic heterocycles. The number of hydrogen-bond donors (Lipinski definition) is 2. The van der Waals surface area contributed by atoms with Crippen molar-refractivity contribution in [2.45, 2.75) is 18.4 Å². The fourth-order valence-electron chi connectivity index (χ4n) is 3.95. The van der Waals surface area contributed by atoms with E-state index >= 15 is 0 Å². The van der Waals surface area contributed by atoms with Crippen molar-refractivity contribution in [3.05, 3.63) is 82.0 Å². The van der Waals surface area contributed by atoms with Crippen LogP contribution in [0, 0.1) is 5.92 Å². The zero-order valence-corrected chi connectivity index (χ0v) is 16.5. The van der Waals surface area contributed by atoms with E-state index in [1.54, 1.807) is 0 Å². The molecule has 2 atom stereocenters. The molecule has 0 saturated carbocycles. The number of fused-ring (bicyclic) bond motifs is 3. The molecule has 1 heterocycles. The van der Waals surface area contributed by atoms with Gasteiger partial charge in [-0.1, -0.05) is 48.5 Å². The van der Waals surface area contributed by atoms with Crippen molar-refractivity contribution >= 4 is 23.3 Å². The van der Waals surface area contributed by atoms with E-state index in [-0.39, 0.29) is 12.5 Å². The minimum Gasteiger partial charge on any atom is -0.481 e. The minimum absolute atomic E-state index is 0.0851. The van der Waals surface area contributed by atoms with Gasteiger partial charge in [0, 0.05) is 12.0 Å². The molecule has 3 aromatic rings. The van der Waals surface area contributed by atoms with Gasteiger partial charge in [-0.05, 0) is 51.1 Å². The second-order valence-corrected chi connectivity index (χ2v) is 7.95. The number of nitrogens with two attached hydrogens (primary N) is 1. The summed E-state index contributed by atoms with van der Waals surface area (Å²) in [5.41, 5.74) is 11.4. The molecule has 0 bridgehead atoms. The molecule has 0 radical (unpaired) electrons. The van der Waals surface area contributed by atoms with Crippen LogP contribution in [-0.2, 0) is 20.7 Å². The molecule has 0 unspecified atom stereocenters. The van der Waals surface area contributed by atoms with Crippen LogP contribution in [0.25, 0.3) is 11.1 Å². The van der Waals surface area contributed by atoms with Gasteiger partial charge < -0.3 is 15.6 Å². The molecule has 2 aromatic carbocycles. The van der Waals surface area contributed by atoms with Gasteiger partial charge in [-0.3, -0.25) is 9.59 Å². The number of hydrogen-bond acceptors (Lipinski definition) is 5. The molecule has 1 aliphatic rings. The quantitative estimate of drug-likeness (QED) is 0.461. The van der Waals surface area contributed by atoms with Crippen LogP contribution in [0.3, 0.4) is 0 Å². The van der Waals surface area contributed by atoms with E-state index in [2.05, 4.69) is 0 Å².